The molecule has 0 saturated carbocycles. The van der Waals surface area contributed by atoms with Crippen LogP contribution in [0.25, 0.3) is 0 Å². The summed E-state index contributed by atoms with van der Waals surface area (Å²) in [5.41, 5.74) is -2.30. The fourth-order valence-electron chi connectivity index (χ4n) is 2.53. The molecular weight excluding hydrogens is 388 g/mol. The van der Waals surface area contributed by atoms with Gasteiger partial charge in [-0.2, -0.15) is 8.42 Å². The standard InChI is InChI=1S/C15H30O7S.C4H10O/c1-2-3-4-5-6-7-8-9-10-11-12-15(18,13-16)14(17)22-23(19,20)21;1-3-5-4-2/h16,18H,2-13H2,1H3,(H,19,20,21);3-4H2,1-2H3. The van der Waals surface area contributed by atoms with Crippen LogP contribution in [0.1, 0.15) is 91.4 Å². The Kier molecular flexibility index (Phi) is 19.3. The molecule has 1 unspecified atom stereocenters. The molecule has 8 nitrogen and oxygen atoms in total. The van der Waals surface area contributed by atoms with Crippen molar-refractivity contribution in [1.82, 2.24) is 0 Å². The third-order valence-corrected chi connectivity index (χ3v) is 4.54. The molecule has 28 heavy (non-hydrogen) atoms. The second-order valence-electron chi connectivity index (χ2n) is 6.70. The van der Waals surface area contributed by atoms with E-state index in [0.29, 0.717) is 6.42 Å². The van der Waals surface area contributed by atoms with E-state index < -0.39 is 28.6 Å². The number of aliphatic hydroxyl groups excluding tert-OH is 1. The van der Waals surface area contributed by atoms with Gasteiger partial charge >= 0.3 is 16.4 Å². The average Bonchev–Trinajstić information content (AvgIpc) is 2.63. The lowest BCUT2D eigenvalue weighted by Gasteiger charge is -2.22. The highest BCUT2D eigenvalue weighted by Gasteiger charge is 2.39. The summed E-state index contributed by atoms with van der Waals surface area (Å²) in [7, 11) is -4.99. The summed E-state index contributed by atoms with van der Waals surface area (Å²) in [6.07, 6.45) is 10.5. The summed E-state index contributed by atoms with van der Waals surface area (Å²) in [4.78, 5) is 11.4. The average molecular weight is 429 g/mol. The van der Waals surface area contributed by atoms with Gasteiger partial charge in [0.2, 0.25) is 0 Å². The van der Waals surface area contributed by atoms with Crippen LogP contribution in [0.3, 0.4) is 0 Å². The highest BCUT2D eigenvalue weighted by atomic mass is 32.3. The van der Waals surface area contributed by atoms with E-state index in [-0.39, 0.29) is 6.42 Å². The van der Waals surface area contributed by atoms with E-state index in [2.05, 4.69) is 11.1 Å². The first-order valence-corrected chi connectivity index (χ1v) is 11.7. The Morgan fingerprint density at radius 3 is 1.61 bits per heavy atom. The lowest BCUT2D eigenvalue weighted by atomic mass is 9.96. The Hall–Kier alpha value is -0.740. The molecule has 0 bridgehead atoms. The fourth-order valence-corrected chi connectivity index (χ4v) is 2.87. The summed E-state index contributed by atoms with van der Waals surface area (Å²) in [6, 6.07) is 0. The maximum Gasteiger partial charge on any atom is 0.449 e. The number of carbonyl (C=O) groups is 1. The van der Waals surface area contributed by atoms with Crippen LogP contribution in [0.4, 0.5) is 0 Å². The number of unbranched alkanes of at least 4 members (excludes halogenated alkanes) is 9. The SMILES string of the molecule is CCCCCCCCCCCCC(O)(CO)C(=O)OS(=O)(=O)O.CCOCC. The van der Waals surface area contributed by atoms with Crippen LogP contribution in [-0.2, 0) is 24.1 Å². The molecule has 0 aliphatic rings. The number of rotatable bonds is 16. The fraction of sp³-hybridized carbons (Fsp3) is 0.947. The zero-order chi connectivity index (χ0) is 21.9. The molecular formula is C19H40O8S. The minimum absolute atomic E-state index is 0.117. The molecule has 0 rings (SSSR count). The summed E-state index contributed by atoms with van der Waals surface area (Å²) in [6.45, 7) is 6.89. The van der Waals surface area contributed by atoms with E-state index in [1.165, 1.54) is 32.1 Å². The maximum absolute atomic E-state index is 11.4. The minimum atomic E-state index is -4.99. The van der Waals surface area contributed by atoms with Gasteiger partial charge in [-0.05, 0) is 26.7 Å². The molecule has 0 aromatic rings. The summed E-state index contributed by atoms with van der Waals surface area (Å²) >= 11 is 0. The zero-order valence-corrected chi connectivity index (χ0v) is 18.5. The van der Waals surface area contributed by atoms with Crippen molar-refractivity contribution in [3.63, 3.8) is 0 Å². The monoisotopic (exact) mass is 428 g/mol. The summed E-state index contributed by atoms with van der Waals surface area (Å²) < 4.78 is 37.9. The molecule has 0 fully saturated rings. The first-order valence-electron chi connectivity index (χ1n) is 10.3. The van der Waals surface area contributed by atoms with Crippen LogP contribution < -0.4 is 0 Å². The molecule has 0 aliphatic carbocycles. The van der Waals surface area contributed by atoms with Crippen molar-refractivity contribution in [2.24, 2.45) is 0 Å². The third kappa shape index (κ3) is 18.6. The van der Waals surface area contributed by atoms with Gasteiger partial charge in [0.1, 0.15) is 0 Å². The second kappa shape index (κ2) is 18.3. The van der Waals surface area contributed by atoms with Crippen molar-refractivity contribution < 1.29 is 36.9 Å². The number of carbonyl (C=O) groups excluding carboxylic acids is 1. The van der Waals surface area contributed by atoms with Crippen LogP contribution in [0.15, 0.2) is 0 Å². The minimum Gasteiger partial charge on any atom is -0.393 e. The van der Waals surface area contributed by atoms with Crippen LogP contribution in [-0.4, -0.2) is 54.6 Å². The van der Waals surface area contributed by atoms with E-state index in [4.69, 9.17) is 14.4 Å². The van der Waals surface area contributed by atoms with Gasteiger partial charge in [0, 0.05) is 13.2 Å². The van der Waals surface area contributed by atoms with Gasteiger partial charge in [-0.3, -0.25) is 4.55 Å². The van der Waals surface area contributed by atoms with E-state index in [1.54, 1.807) is 0 Å². The molecule has 0 radical (unpaired) electrons. The van der Waals surface area contributed by atoms with Gasteiger partial charge in [-0.15, -0.1) is 0 Å². The Balaban J connectivity index is 0. The van der Waals surface area contributed by atoms with Crippen molar-refractivity contribution in [2.75, 3.05) is 19.8 Å². The Bertz CT molecular complexity index is 465. The van der Waals surface area contributed by atoms with Crippen molar-refractivity contribution in [1.29, 1.82) is 0 Å². The molecule has 0 saturated heterocycles. The van der Waals surface area contributed by atoms with E-state index >= 15 is 0 Å². The number of hydrogen-bond donors (Lipinski definition) is 3. The van der Waals surface area contributed by atoms with Gasteiger partial charge in [0.15, 0.2) is 5.60 Å². The second-order valence-corrected chi connectivity index (χ2v) is 7.72. The molecule has 0 amide bonds. The lowest BCUT2D eigenvalue weighted by Crippen LogP contribution is -2.44. The highest BCUT2D eigenvalue weighted by Crippen LogP contribution is 2.19. The predicted octanol–water partition coefficient (Wildman–Crippen LogP) is 3.41. The van der Waals surface area contributed by atoms with Crippen LogP contribution >= 0.6 is 0 Å². The van der Waals surface area contributed by atoms with Gasteiger partial charge in [0.05, 0.1) is 6.61 Å². The summed E-state index contributed by atoms with van der Waals surface area (Å²) in [5, 5.41) is 18.9. The quantitative estimate of drug-likeness (QED) is 0.252. The Morgan fingerprint density at radius 2 is 1.29 bits per heavy atom. The zero-order valence-electron chi connectivity index (χ0n) is 17.7. The largest absolute Gasteiger partial charge is 0.449 e. The maximum atomic E-state index is 11.4. The van der Waals surface area contributed by atoms with E-state index in [0.717, 1.165) is 38.9 Å². The number of aliphatic hydroxyl groups is 2. The van der Waals surface area contributed by atoms with E-state index in [1.807, 2.05) is 13.8 Å². The van der Waals surface area contributed by atoms with Crippen molar-refractivity contribution >= 4 is 16.4 Å². The van der Waals surface area contributed by atoms with Gasteiger partial charge in [0.25, 0.3) is 0 Å². The molecule has 0 aliphatic heterocycles. The van der Waals surface area contributed by atoms with Gasteiger partial charge < -0.3 is 19.1 Å². The number of hydrogen-bond acceptors (Lipinski definition) is 7. The molecule has 3 N–H and O–H groups in total. The molecule has 1 atom stereocenters. The van der Waals surface area contributed by atoms with Gasteiger partial charge in [-0.25, -0.2) is 4.79 Å². The molecule has 0 heterocycles. The predicted molar refractivity (Wildman–Crippen MR) is 108 cm³/mol. The third-order valence-electron chi connectivity index (χ3n) is 4.17. The Morgan fingerprint density at radius 1 is 0.857 bits per heavy atom. The normalized spacial score (nSPS) is 13.4. The first kappa shape index (κ1) is 29.5. The van der Waals surface area contributed by atoms with Gasteiger partial charge in [-0.1, -0.05) is 64.7 Å². The van der Waals surface area contributed by atoms with Crippen LogP contribution in [0, 0.1) is 0 Å². The van der Waals surface area contributed by atoms with Crippen molar-refractivity contribution in [3.8, 4) is 0 Å². The van der Waals surface area contributed by atoms with Crippen molar-refractivity contribution in [3.05, 3.63) is 0 Å². The Labute approximate surface area is 170 Å². The van der Waals surface area contributed by atoms with Crippen LogP contribution in [0.2, 0.25) is 0 Å². The first-order chi connectivity index (χ1) is 13.2. The molecule has 9 heteroatoms. The van der Waals surface area contributed by atoms with Crippen molar-refractivity contribution in [2.45, 2.75) is 97.0 Å². The molecule has 0 spiro atoms. The van der Waals surface area contributed by atoms with E-state index in [9.17, 15) is 18.3 Å². The lowest BCUT2D eigenvalue weighted by molar-refractivity contribution is -0.160. The highest BCUT2D eigenvalue weighted by molar-refractivity contribution is 7.81. The summed E-state index contributed by atoms with van der Waals surface area (Å²) in [5.74, 6) is -1.56. The smallest absolute Gasteiger partial charge is 0.393 e. The number of ether oxygens (including phenoxy) is 1. The van der Waals surface area contributed by atoms with Crippen LogP contribution in [0.5, 0.6) is 0 Å². The molecule has 170 valence electrons. The molecule has 0 aromatic carbocycles. The molecule has 0 aromatic heterocycles. The topological polar surface area (TPSA) is 130 Å².